The molecular formula is C13H25N3S. The third-order valence-electron chi connectivity index (χ3n) is 2.99. The molecule has 0 aliphatic heterocycles. The van der Waals surface area contributed by atoms with Crippen molar-refractivity contribution in [3.63, 3.8) is 0 Å². The van der Waals surface area contributed by atoms with E-state index in [-0.39, 0.29) is 0 Å². The first-order valence-corrected chi connectivity index (χ1v) is 7.32. The molecule has 0 amide bonds. The lowest BCUT2D eigenvalue weighted by Crippen LogP contribution is -2.36. The number of thiazole rings is 1. The Morgan fingerprint density at radius 2 is 2.00 bits per heavy atom. The average molecular weight is 255 g/mol. The fourth-order valence-corrected chi connectivity index (χ4v) is 2.92. The normalized spacial score (nSPS) is 11.9. The molecule has 1 rings (SSSR count). The Morgan fingerprint density at radius 1 is 1.35 bits per heavy atom. The van der Waals surface area contributed by atoms with Gasteiger partial charge in [0.15, 0.2) is 5.13 Å². The molecule has 17 heavy (non-hydrogen) atoms. The van der Waals surface area contributed by atoms with E-state index in [2.05, 4.69) is 37.6 Å². The number of anilines is 1. The molecule has 0 aromatic carbocycles. The number of hydrogen-bond donors (Lipinski definition) is 1. The van der Waals surface area contributed by atoms with Crippen LogP contribution >= 0.6 is 11.3 Å². The molecule has 0 aliphatic rings. The van der Waals surface area contributed by atoms with Crippen molar-refractivity contribution in [2.45, 2.75) is 53.1 Å². The van der Waals surface area contributed by atoms with Crippen LogP contribution in [0.15, 0.2) is 6.20 Å². The molecule has 0 atom stereocenters. The predicted molar refractivity (Wildman–Crippen MR) is 76.1 cm³/mol. The van der Waals surface area contributed by atoms with E-state index < -0.39 is 0 Å². The molecular weight excluding hydrogens is 230 g/mol. The zero-order valence-corrected chi connectivity index (χ0v) is 12.3. The maximum Gasteiger partial charge on any atom is 0.180 e. The average Bonchev–Trinajstić information content (AvgIpc) is 2.65. The third-order valence-corrected chi connectivity index (χ3v) is 3.80. The lowest BCUT2D eigenvalue weighted by atomic mass is 10.1. The summed E-state index contributed by atoms with van der Waals surface area (Å²) in [5.41, 5.74) is 5.69. The number of nitrogens with two attached hydrogens (primary N) is 1. The number of rotatable bonds is 7. The Bertz CT molecular complexity index is 318. The number of nitrogen functional groups attached to an aromatic ring is 1. The molecule has 4 heteroatoms. The van der Waals surface area contributed by atoms with Crippen LogP contribution in [0, 0.1) is 5.92 Å². The summed E-state index contributed by atoms with van der Waals surface area (Å²) in [6.45, 7) is 11.2. The third kappa shape index (κ3) is 4.64. The summed E-state index contributed by atoms with van der Waals surface area (Å²) < 4.78 is 0. The van der Waals surface area contributed by atoms with E-state index in [9.17, 15) is 0 Å². The highest BCUT2D eigenvalue weighted by atomic mass is 32.1. The van der Waals surface area contributed by atoms with Gasteiger partial charge in [-0.25, -0.2) is 4.98 Å². The second-order valence-electron chi connectivity index (χ2n) is 4.96. The molecule has 0 bridgehead atoms. The maximum absolute atomic E-state index is 5.69. The Labute approximate surface area is 109 Å². The second-order valence-corrected chi connectivity index (χ2v) is 6.11. The lowest BCUT2D eigenvalue weighted by Gasteiger charge is -2.31. The molecule has 2 N–H and O–H groups in total. The largest absolute Gasteiger partial charge is 0.375 e. The van der Waals surface area contributed by atoms with Crippen LogP contribution in [-0.2, 0) is 6.54 Å². The van der Waals surface area contributed by atoms with Crippen molar-refractivity contribution in [2.24, 2.45) is 5.92 Å². The number of hydrogen-bond acceptors (Lipinski definition) is 4. The summed E-state index contributed by atoms with van der Waals surface area (Å²) in [6, 6.07) is 0.667. The Balaban J connectivity index is 2.68. The molecule has 98 valence electrons. The fraction of sp³-hybridized carbons (Fsp3) is 0.769. The summed E-state index contributed by atoms with van der Waals surface area (Å²) in [7, 11) is 0. The molecule has 0 spiro atoms. The molecule has 0 unspecified atom stereocenters. The standard InChI is InChI=1S/C13H25N3S/c1-5-11(6-2)16(8-10(3)4)9-12-7-15-13(14)17-12/h7,10-11H,5-6,8-9H2,1-4H3,(H2,14,15). The van der Waals surface area contributed by atoms with Gasteiger partial charge < -0.3 is 5.73 Å². The Hall–Kier alpha value is -0.610. The van der Waals surface area contributed by atoms with E-state index >= 15 is 0 Å². The van der Waals surface area contributed by atoms with Gasteiger partial charge in [0.2, 0.25) is 0 Å². The van der Waals surface area contributed by atoms with Gasteiger partial charge in [-0.15, -0.1) is 11.3 Å². The van der Waals surface area contributed by atoms with Crippen LogP contribution < -0.4 is 5.73 Å². The quantitative estimate of drug-likeness (QED) is 0.812. The summed E-state index contributed by atoms with van der Waals surface area (Å²) in [6.07, 6.45) is 4.32. The van der Waals surface area contributed by atoms with Gasteiger partial charge in [-0.3, -0.25) is 4.90 Å². The fourth-order valence-electron chi connectivity index (χ4n) is 2.21. The minimum atomic E-state index is 0.667. The van der Waals surface area contributed by atoms with Crippen LogP contribution in [0.2, 0.25) is 0 Å². The van der Waals surface area contributed by atoms with Crippen molar-refractivity contribution in [3.05, 3.63) is 11.1 Å². The number of nitrogens with zero attached hydrogens (tertiary/aromatic N) is 2. The SMILES string of the molecule is CCC(CC)N(Cc1cnc(N)s1)CC(C)C. The van der Waals surface area contributed by atoms with E-state index in [4.69, 9.17) is 5.73 Å². The highest BCUT2D eigenvalue weighted by Crippen LogP contribution is 2.20. The van der Waals surface area contributed by atoms with Crippen molar-refractivity contribution in [1.82, 2.24) is 9.88 Å². The minimum absolute atomic E-state index is 0.667. The highest BCUT2D eigenvalue weighted by Gasteiger charge is 2.17. The van der Waals surface area contributed by atoms with Crippen LogP contribution in [0.3, 0.4) is 0 Å². The molecule has 1 heterocycles. The van der Waals surface area contributed by atoms with Crippen LogP contribution in [0.25, 0.3) is 0 Å². The summed E-state index contributed by atoms with van der Waals surface area (Å²) >= 11 is 1.61. The van der Waals surface area contributed by atoms with Gasteiger partial charge in [0.25, 0.3) is 0 Å². The zero-order valence-electron chi connectivity index (χ0n) is 11.4. The van der Waals surface area contributed by atoms with Crippen molar-refractivity contribution in [2.75, 3.05) is 12.3 Å². The second kappa shape index (κ2) is 6.97. The Kier molecular flexibility index (Phi) is 5.92. The minimum Gasteiger partial charge on any atom is -0.375 e. The first-order chi connectivity index (χ1) is 8.06. The van der Waals surface area contributed by atoms with Gasteiger partial charge in [0, 0.05) is 30.2 Å². The van der Waals surface area contributed by atoms with Gasteiger partial charge >= 0.3 is 0 Å². The molecule has 0 aliphatic carbocycles. The van der Waals surface area contributed by atoms with Crippen molar-refractivity contribution in [3.8, 4) is 0 Å². The predicted octanol–water partition coefficient (Wildman–Crippen LogP) is 3.37. The smallest absolute Gasteiger partial charge is 0.180 e. The van der Waals surface area contributed by atoms with Gasteiger partial charge in [-0.2, -0.15) is 0 Å². The monoisotopic (exact) mass is 255 g/mol. The van der Waals surface area contributed by atoms with Crippen LogP contribution in [0.5, 0.6) is 0 Å². The summed E-state index contributed by atoms with van der Waals surface area (Å²) in [4.78, 5) is 7.97. The first kappa shape index (κ1) is 14.5. The van der Waals surface area contributed by atoms with Crippen molar-refractivity contribution < 1.29 is 0 Å². The van der Waals surface area contributed by atoms with E-state index in [0.29, 0.717) is 17.1 Å². The highest BCUT2D eigenvalue weighted by molar-refractivity contribution is 7.15. The van der Waals surface area contributed by atoms with Crippen LogP contribution in [-0.4, -0.2) is 22.5 Å². The summed E-state index contributed by atoms with van der Waals surface area (Å²) in [5.74, 6) is 0.695. The topological polar surface area (TPSA) is 42.2 Å². The maximum atomic E-state index is 5.69. The number of aromatic nitrogens is 1. The van der Waals surface area contributed by atoms with Gasteiger partial charge in [0.05, 0.1) is 0 Å². The molecule has 0 saturated carbocycles. The van der Waals surface area contributed by atoms with E-state index in [1.54, 1.807) is 11.3 Å². The molecule has 3 nitrogen and oxygen atoms in total. The van der Waals surface area contributed by atoms with Crippen LogP contribution in [0.1, 0.15) is 45.4 Å². The molecule has 1 aromatic heterocycles. The summed E-state index contributed by atoms with van der Waals surface area (Å²) in [5, 5.41) is 0.675. The van der Waals surface area contributed by atoms with Crippen LogP contribution in [0.4, 0.5) is 5.13 Å². The molecule has 0 fully saturated rings. The van der Waals surface area contributed by atoms with Gasteiger partial charge in [-0.1, -0.05) is 27.7 Å². The first-order valence-electron chi connectivity index (χ1n) is 6.51. The zero-order chi connectivity index (χ0) is 12.8. The molecule has 1 aromatic rings. The van der Waals surface area contributed by atoms with Crippen molar-refractivity contribution in [1.29, 1.82) is 0 Å². The molecule has 0 radical (unpaired) electrons. The van der Waals surface area contributed by atoms with E-state index in [1.807, 2.05) is 6.20 Å². The Morgan fingerprint density at radius 3 is 2.41 bits per heavy atom. The van der Waals surface area contributed by atoms with Gasteiger partial charge in [0.1, 0.15) is 0 Å². The lowest BCUT2D eigenvalue weighted by molar-refractivity contribution is 0.159. The molecule has 0 saturated heterocycles. The van der Waals surface area contributed by atoms with E-state index in [0.717, 1.165) is 13.1 Å². The van der Waals surface area contributed by atoms with E-state index in [1.165, 1.54) is 17.7 Å². The van der Waals surface area contributed by atoms with Crippen molar-refractivity contribution >= 4 is 16.5 Å². The van der Waals surface area contributed by atoms with Gasteiger partial charge in [-0.05, 0) is 18.8 Å².